The molecule has 214 valence electrons. The number of ether oxygens (including phenoxy) is 1. The Morgan fingerprint density at radius 2 is 2.00 bits per heavy atom. The summed E-state index contributed by atoms with van der Waals surface area (Å²) in [6.45, 7) is 5.82. The van der Waals surface area contributed by atoms with Crippen molar-refractivity contribution in [1.29, 1.82) is 0 Å². The van der Waals surface area contributed by atoms with Crippen LogP contribution in [0.2, 0.25) is 0 Å². The second kappa shape index (κ2) is 10.2. The first-order valence-electron chi connectivity index (χ1n) is 13.5. The average molecular weight is 578 g/mol. The van der Waals surface area contributed by atoms with Gasteiger partial charge in [-0.05, 0) is 36.8 Å². The molecule has 1 amide bonds. The van der Waals surface area contributed by atoms with E-state index in [1.807, 2.05) is 24.0 Å². The maximum atomic E-state index is 13.6. The summed E-state index contributed by atoms with van der Waals surface area (Å²) in [5.74, 6) is -0.291. The first-order chi connectivity index (χ1) is 19.0. The van der Waals surface area contributed by atoms with Crippen molar-refractivity contribution in [1.82, 2.24) is 25.2 Å². The number of pyridine rings is 1. The molecule has 1 saturated carbocycles. The van der Waals surface area contributed by atoms with E-state index in [9.17, 15) is 18.0 Å². The van der Waals surface area contributed by atoms with Crippen LogP contribution in [0.3, 0.4) is 0 Å². The molecule has 3 N–H and O–H groups in total. The number of alkyl halides is 3. The van der Waals surface area contributed by atoms with Crippen molar-refractivity contribution >= 4 is 28.9 Å². The van der Waals surface area contributed by atoms with E-state index in [4.69, 9.17) is 27.1 Å². The number of anilines is 1. The van der Waals surface area contributed by atoms with E-state index in [-0.39, 0.29) is 23.9 Å². The number of carbonyl (C=O) groups is 1. The maximum absolute atomic E-state index is 13.6. The Morgan fingerprint density at radius 3 is 2.65 bits per heavy atom. The van der Waals surface area contributed by atoms with Gasteiger partial charge in [-0.3, -0.25) is 9.69 Å². The number of carbonyl (C=O) groups excluding carboxylic acids is 1. The number of hydrogen-bond donors (Lipinski definition) is 2. The summed E-state index contributed by atoms with van der Waals surface area (Å²) in [5, 5.41) is 3.44. The first kappa shape index (κ1) is 27.4. The Balaban J connectivity index is 1.22. The molecule has 2 aromatic rings. The third-order valence-corrected chi connectivity index (χ3v) is 8.97. The van der Waals surface area contributed by atoms with Crippen LogP contribution < -0.4 is 16.0 Å². The van der Waals surface area contributed by atoms with Crippen molar-refractivity contribution in [3.8, 4) is 0 Å². The number of hydrogen-bond acceptors (Lipinski definition) is 8. The number of morpholine rings is 1. The highest BCUT2D eigenvalue weighted by atomic mass is 35.5. The second-order valence-corrected chi connectivity index (χ2v) is 11.6. The summed E-state index contributed by atoms with van der Waals surface area (Å²) in [7, 11) is 0. The molecule has 2 saturated heterocycles. The molecular weight excluding hydrogens is 547 g/mol. The van der Waals surface area contributed by atoms with E-state index in [1.54, 1.807) is 0 Å². The van der Waals surface area contributed by atoms with Gasteiger partial charge in [0.15, 0.2) is 0 Å². The predicted octanol–water partition coefficient (Wildman–Crippen LogP) is 2.76. The zero-order valence-electron chi connectivity index (χ0n) is 22.0. The van der Waals surface area contributed by atoms with Gasteiger partial charge in [-0.15, -0.1) is 0 Å². The fraction of sp³-hybridized carbons (Fsp3) is 0.556. The van der Waals surface area contributed by atoms with E-state index in [2.05, 4.69) is 20.2 Å². The predicted molar refractivity (Wildman–Crippen MR) is 142 cm³/mol. The molecule has 4 heterocycles. The van der Waals surface area contributed by atoms with Gasteiger partial charge in [-0.2, -0.15) is 13.2 Å². The normalized spacial score (nSPS) is 27.3. The van der Waals surface area contributed by atoms with E-state index in [0.717, 1.165) is 31.0 Å². The molecule has 2 aliphatic carbocycles. The number of halogens is 4. The van der Waals surface area contributed by atoms with Gasteiger partial charge in [0.05, 0.1) is 30.5 Å². The van der Waals surface area contributed by atoms with E-state index in [0.29, 0.717) is 60.4 Å². The minimum atomic E-state index is -4.63. The summed E-state index contributed by atoms with van der Waals surface area (Å²) < 4.78 is 44.5. The van der Waals surface area contributed by atoms with Gasteiger partial charge in [-0.25, -0.2) is 15.0 Å². The minimum absolute atomic E-state index is 0.0937. The van der Waals surface area contributed by atoms with E-state index in [1.165, 1.54) is 12.4 Å². The topological polar surface area (TPSA) is 110 Å². The fourth-order valence-electron chi connectivity index (χ4n) is 6.02. The average Bonchev–Trinajstić information content (AvgIpc) is 3.44. The summed E-state index contributed by atoms with van der Waals surface area (Å²) in [5.41, 5.74) is 8.63. The number of nitrogens with two attached hydrogens (primary N) is 1. The van der Waals surface area contributed by atoms with Crippen LogP contribution in [0, 0.1) is 11.8 Å². The van der Waals surface area contributed by atoms with Crippen LogP contribution >= 0.6 is 11.6 Å². The molecule has 0 radical (unpaired) electrons. The Hall–Kier alpha value is -2.80. The number of fused-ring (bicyclic) bond motifs is 2. The molecule has 0 aromatic carbocycles. The van der Waals surface area contributed by atoms with Gasteiger partial charge in [0.1, 0.15) is 5.82 Å². The van der Waals surface area contributed by atoms with Crippen molar-refractivity contribution in [2.45, 2.75) is 37.5 Å². The molecule has 2 aromatic heterocycles. The number of rotatable bonds is 6. The minimum Gasteiger partial charge on any atom is -0.379 e. The molecule has 4 atom stereocenters. The number of amides is 1. The van der Waals surface area contributed by atoms with Crippen LogP contribution in [-0.4, -0.2) is 77.2 Å². The number of nitrogens with one attached hydrogen (secondary N) is 1. The largest absolute Gasteiger partial charge is 0.451 e. The van der Waals surface area contributed by atoms with Gasteiger partial charge in [0, 0.05) is 66.8 Å². The lowest BCUT2D eigenvalue weighted by molar-refractivity contribution is -0.145. The van der Waals surface area contributed by atoms with Crippen LogP contribution in [0.15, 0.2) is 29.6 Å². The molecule has 0 spiro atoms. The lowest BCUT2D eigenvalue weighted by Gasteiger charge is -2.35. The quantitative estimate of drug-likeness (QED) is 0.539. The van der Waals surface area contributed by atoms with Crippen molar-refractivity contribution in [3.05, 3.63) is 52.2 Å². The fourth-order valence-corrected chi connectivity index (χ4v) is 6.28. The molecule has 3 fully saturated rings. The van der Waals surface area contributed by atoms with Gasteiger partial charge in [-0.1, -0.05) is 18.5 Å². The summed E-state index contributed by atoms with van der Waals surface area (Å²) in [6.07, 6.45) is -0.622. The van der Waals surface area contributed by atoms with E-state index < -0.39 is 18.0 Å². The zero-order valence-corrected chi connectivity index (χ0v) is 22.8. The van der Waals surface area contributed by atoms with Gasteiger partial charge >= 0.3 is 6.18 Å². The maximum Gasteiger partial charge on any atom is 0.451 e. The highest BCUT2D eigenvalue weighted by Crippen LogP contribution is 2.48. The van der Waals surface area contributed by atoms with Gasteiger partial charge < -0.3 is 20.7 Å². The monoisotopic (exact) mass is 577 g/mol. The summed E-state index contributed by atoms with van der Waals surface area (Å²) in [6, 6.07) is 3.37. The molecule has 4 aliphatic rings. The van der Waals surface area contributed by atoms with Crippen molar-refractivity contribution in [3.63, 3.8) is 0 Å². The molecule has 4 unspecified atom stereocenters. The van der Waals surface area contributed by atoms with E-state index >= 15 is 0 Å². The number of nitrogens with zero attached hydrogens (tertiary/aromatic N) is 5. The smallest absolute Gasteiger partial charge is 0.379 e. The SMILES string of the molecule is CC1Cc2nc(N3CC4CC4(N)C3)ccc2C(C(=O)NCC(c2cnc(C(F)(F)F)nc2)N2CCOCC2)=C1Cl. The standard InChI is InChI=1S/C27H31ClF3N7O2/c1-15-8-19-18(2-3-21(36-19)38-13-17-9-26(17,32)14-38)22(23(15)28)24(39)33-12-20(37-4-6-40-7-5-37)16-10-34-25(35-11-16)27(29,30)31/h2-3,10-11,15,17,20H,4-9,12-14,32H2,1H3,(H,33,39). The Bertz CT molecular complexity index is 1330. The molecule has 2 aliphatic heterocycles. The number of piperidine rings is 1. The molecule has 6 rings (SSSR count). The third-order valence-electron chi connectivity index (χ3n) is 8.41. The lowest BCUT2D eigenvalue weighted by atomic mass is 9.87. The van der Waals surface area contributed by atoms with Crippen LogP contribution in [0.5, 0.6) is 0 Å². The highest BCUT2D eigenvalue weighted by molar-refractivity contribution is 6.39. The molecular formula is C27H31ClF3N7O2. The van der Waals surface area contributed by atoms with Crippen molar-refractivity contribution in [2.24, 2.45) is 17.6 Å². The Morgan fingerprint density at radius 1 is 1.27 bits per heavy atom. The molecule has 13 heteroatoms. The summed E-state index contributed by atoms with van der Waals surface area (Å²) in [4.78, 5) is 29.8. The van der Waals surface area contributed by atoms with Crippen LogP contribution in [0.25, 0.3) is 5.57 Å². The Labute approximate surface area is 234 Å². The molecule has 40 heavy (non-hydrogen) atoms. The third kappa shape index (κ3) is 5.17. The highest BCUT2D eigenvalue weighted by Gasteiger charge is 2.57. The van der Waals surface area contributed by atoms with Crippen molar-refractivity contribution in [2.75, 3.05) is 50.8 Å². The number of aromatic nitrogens is 3. The van der Waals surface area contributed by atoms with Crippen LogP contribution in [0.1, 0.15) is 42.0 Å². The lowest BCUT2D eigenvalue weighted by Crippen LogP contribution is -2.44. The Kier molecular flexibility index (Phi) is 7.00. The molecule has 9 nitrogen and oxygen atoms in total. The first-order valence-corrected chi connectivity index (χ1v) is 13.8. The second-order valence-electron chi connectivity index (χ2n) is 11.2. The number of allylic oxidation sites excluding steroid dienone is 1. The van der Waals surface area contributed by atoms with Gasteiger partial charge in [0.2, 0.25) is 5.82 Å². The molecule has 0 bridgehead atoms. The summed E-state index contributed by atoms with van der Waals surface area (Å²) >= 11 is 6.72. The van der Waals surface area contributed by atoms with Crippen molar-refractivity contribution < 1.29 is 22.7 Å². The zero-order chi connectivity index (χ0) is 28.2. The van der Waals surface area contributed by atoms with Crippen LogP contribution in [0.4, 0.5) is 19.0 Å². The van der Waals surface area contributed by atoms with Crippen LogP contribution in [-0.2, 0) is 22.1 Å². The van der Waals surface area contributed by atoms with Gasteiger partial charge in [0.25, 0.3) is 5.91 Å².